The summed E-state index contributed by atoms with van der Waals surface area (Å²) in [5.74, 6) is -1.68. The Balaban J connectivity index is 1.64. The predicted molar refractivity (Wildman–Crippen MR) is 118 cm³/mol. The van der Waals surface area contributed by atoms with E-state index in [4.69, 9.17) is 21.1 Å². The number of ether oxygens (including phenoxy) is 2. The summed E-state index contributed by atoms with van der Waals surface area (Å²) in [6.07, 6.45) is 0.610. The Morgan fingerprint density at radius 3 is 2.53 bits per heavy atom. The third kappa shape index (κ3) is 5.64. The van der Waals surface area contributed by atoms with Gasteiger partial charge in [-0.3, -0.25) is 14.4 Å². The Bertz CT molecular complexity index is 1040. The van der Waals surface area contributed by atoms with Crippen molar-refractivity contribution in [3.8, 4) is 5.75 Å². The van der Waals surface area contributed by atoms with Gasteiger partial charge in [-0.25, -0.2) is 4.79 Å². The van der Waals surface area contributed by atoms with Crippen LogP contribution in [0.1, 0.15) is 41.0 Å². The minimum atomic E-state index is -0.924. The summed E-state index contributed by atoms with van der Waals surface area (Å²) in [5, 5.41) is 5.79. The highest BCUT2D eigenvalue weighted by atomic mass is 35.5. The quantitative estimate of drug-likeness (QED) is 0.464. The lowest BCUT2D eigenvalue weighted by Crippen LogP contribution is -2.46. The van der Waals surface area contributed by atoms with Crippen molar-refractivity contribution in [3.63, 3.8) is 0 Å². The van der Waals surface area contributed by atoms with Crippen LogP contribution < -0.4 is 15.4 Å². The van der Waals surface area contributed by atoms with Crippen molar-refractivity contribution < 1.29 is 28.7 Å². The van der Waals surface area contributed by atoms with Crippen molar-refractivity contribution in [1.29, 1.82) is 0 Å². The van der Waals surface area contributed by atoms with Gasteiger partial charge in [0.25, 0.3) is 11.8 Å². The first-order chi connectivity index (χ1) is 15.3. The summed E-state index contributed by atoms with van der Waals surface area (Å²) >= 11 is 5.85. The molecule has 0 spiro atoms. The molecule has 1 heterocycles. The van der Waals surface area contributed by atoms with E-state index in [-0.39, 0.29) is 24.0 Å². The predicted octanol–water partition coefficient (Wildman–Crippen LogP) is 3.24. The second-order valence-electron chi connectivity index (χ2n) is 7.42. The Morgan fingerprint density at radius 1 is 1.16 bits per heavy atom. The van der Waals surface area contributed by atoms with Gasteiger partial charge in [-0.05, 0) is 48.4 Å². The van der Waals surface area contributed by atoms with Crippen molar-refractivity contribution in [2.45, 2.75) is 26.3 Å². The molecule has 2 N–H and O–H groups in total. The molecule has 0 aliphatic carbocycles. The number of carbonyl (C=O) groups excluding carboxylic acids is 4. The molecule has 8 nitrogen and oxygen atoms in total. The smallest absolute Gasteiger partial charge is 0.329 e. The molecule has 0 radical (unpaired) electrons. The molecule has 32 heavy (non-hydrogen) atoms. The standard InChI is InChI=1S/C23H23ClN2O6/c1-3-13(2)21(26-22(29)14-4-7-16(24)8-5-14)23(30)32-11-18(27)15-6-9-19-17(10-15)25-20(28)12-31-19/h4-10,13,21H,3,11-12H2,1-2H3,(H,25,28)(H,26,29)/t13-,21+/m0/s1. The highest BCUT2D eigenvalue weighted by Crippen LogP contribution is 2.28. The molecule has 0 unspecified atom stereocenters. The highest BCUT2D eigenvalue weighted by molar-refractivity contribution is 6.30. The fourth-order valence-corrected chi connectivity index (χ4v) is 3.19. The molecule has 2 atom stereocenters. The van der Waals surface area contributed by atoms with Crippen LogP contribution in [0, 0.1) is 5.92 Å². The van der Waals surface area contributed by atoms with E-state index < -0.39 is 30.3 Å². The molecule has 2 aromatic carbocycles. The van der Waals surface area contributed by atoms with Crippen LogP contribution in [-0.4, -0.2) is 42.8 Å². The van der Waals surface area contributed by atoms with Crippen LogP contribution in [0.25, 0.3) is 0 Å². The SMILES string of the molecule is CC[C@H](C)[C@@H](NC(=O)c1ccc(Cl)cc1)C(=O)OCC(=O)c1ccc2c(c1)NC(=O)CO2. The Morgan fingerprint density at radius 2 is 1.84 bits per heavy atom. The molecule has 0 aromatic heterocycles. The Hall–Kier alpha value is -3.39. The van der Waals surface area contributed by atoms with Crippen LogP contribution in [0.5, 0.6) is 5.75 Å². The molecule has 168 valence electrons. The van der Waals surface area contributed by atoms with Crippen LogP contribution in [0.15, 0.2) is 42.5 Å². The zero-order chi connectivity index (χ0) is 23.3. The first-order valence-corrected chi connectivity index (χ1v) is 10.5. The summed E-state index contributed by atoms with van der Waals surface area (Å²) in [6.45, 7) is 3.10. The molecule has 3 rings (SSSR count). The zero-order valence-electron chi connectivity index (χ0n) is 17.6. The van der Waals surface area contributed by atoms with Gasteiger partial charge < -0.3 is 20.1 Å². The highest BCUT2D eigenvalue weighted by Gasteiger charge is 2.28. The molecule has 2 amide bonds. The van der Waals surface area contributed by atoms with Crippen LogP contribution in [-0.2, 0) is 14.3 Å². The number of nitrogens with one attached hydrogen (secondary N) is 2. The molecule has 1 aliphatic rings. The summed E-state index contributed by atoms with van der Waals surface area (Å²) in [7, 11) is 0. The lowest BCUT2D eigenvalue weighted by Gasteiger charge is -2.22. The van der Waals surface area contributed by atoms with E-state index in [1.165, 1.54) is 12.1 Å². The van der Waals surface area contributed by atoms with Crippen molar-refractivity contribution in [3.05, 3.63) is 58.6 Å². The Labute approximate surface area is 190 Å². The number of anilines is 1. The number of Topliss-reactive ketones (excluding diaryl/α,β-unsaturated/α-hetero) is 1. The lowest BCUT2D eigenvalue weighted by atomic mass is 9.98. The third-order valence-electron chi connectivity index (χ3n) is 5.14. The monoisotopic (exact) mass is 458 g/mol. The van der Waals surface area contributed by atoms with Gasteiger partial charge >= 0.3 is 5.97 Å². The number of carbonyl (C=O) groups is 4. The fraction of sp³-hybridized carbons (Fsp3) is 0.304. The lowest BCUT2D eigenvalue weighted by molar-refractivity contribution is -0.146. The molecule has 9 heteroatoms. The van der Waals surface area contributed by atoms with Crippen molar-refractivity contribution in [2.75, 3.05) is 18.5 Å². The molecule has 0 saturated carbocycles. The average molecular weight is 459 g/mol. The number of rotatable bonds is 8. The number of halogens is 1. The van der Waals surface area contributed by atoms with Crippen molar-refractivity contribution >= 4 is 40.9 Å². The van der Waals surface area contributed by atoms with E-state index >= 15 is 0 Å². The maximum atomic E-state index is 12.7. The molecule has 1 aliphatic heterocycles. The molecule has 0 saturated heterocycles. The number of fused-ring (bicyclic) bond motifs is 1. The number of hydrogen-bond donors (Lipinski definition) is 2. The van der Waals surface area contributed by atoms with Gasteiger partial charge in [0, 0.05) is 16.1 Å². The molecule has 2 aromatic rings. The van der Waals surface area contributed by atoms with Gasteiger partial charge in [0.1, 0.15) is 11.8 Å². The van der Waals surface area contributed by atoms with Gasteiger partial charge in [0.15, 0.2) is 19.0 Å². The maximum Gasteiger partial charge on any atom is 0.329 e. The van der Waals surface area contributed by atoms with Gasteiger partial charge in [-0.1, -0.05) is 31.9 Å². The van der Waals surface area contributed by atoms with Gasteiger partial charge in [-0.2, -0.15) is 0 Å². The first kappa shape index (κ1) is 23.3. The summed E-state index contributed by atoms with van der Waals surface area (Å²) in [6, 6.07) is 9.91. The summed E-state index contributed by atoms with van der Waals surface area (Å²) in [4.78, 5) is 49.2. The second kappa shape index (κ2) is 10.3. The molecule has 0 bridgehead atoms. The molecular formula is C23H23ClN2O6. The number of esters is 1. The third-order valence-corrected chi connectivity index (χ3v) is 5.39. The van der Waals surface area contributed by atoms with Crippen LogP contribution >= 0.6 is 11.6 Å². The zero-order valence-corrected chi connectivity index (χ0v) is 18.4. The number of benzene rings is 2. The minimum Gasteiger partial charge on any atom is -0.482 e. The van der Waals surface area contributed by atoms with Gasteiger partial charge in [-0.15, -0.1) is 0 Å². The molecule has 0 fully saturated rings. The summed E-state index contributed by atoms with van der Waals surface area (Å²) in [5.41, 5.74) is 0.990. The van der Waals surface area contributed by atoms with Crippen LogP contribution in [0.2, 0.25) is 5.02 Å². The van der Waals surface area contributed by atoms with E-state index in [1.807, 2.05) is 13.8 Å². The van der Waals surface area contributed by atoms with Crippen LogP contribution in [0.3, 0.4) is 0 Å². The topological polar surface area (TPSA) is 111 Å². The Kier molecular flexibility index (Phi) is 7.48. The number of amides is 2. The summed E-state index contributed by atoms with van der Waals surface area (Å²) < 4.78 is 10.5. The number of ketones is 1. The van der Waals surface area contributed by atoms with E-state index in [1.54, 1.807) is 30.3 Å². The largest absolute Gasteiger partial charge is 0.482 e. The fourth-order valence-electron chi connectivity index (χ4n) is 3.06. The van der Waals surface area contributed by atoms with Crippen LogP contribution in [0.4, 0.5) is 5.69 Å². The second-order valence-corrected chi connectivity index (χ2v) is 7.86. The van der Waals surface area contributed by atoms with Gasteiger partial charge in [0.05, 0.1) is 5.69 Å². The van der Waals surface area contributed by atoms with Crippen molar-refractivity contribution in [1.82, 2.24) is 5.32 Å². The van der Waals surface area contributed by atoms with E-state index in [0.717, 1.165) is 0 Å². The molecular weight excluding hydrogens is 436 g/mol. The average Bonchev–Trinajstić information content (AvgIpc) is 2.80. The van der Waals surface area contributed by atoms with E-state index in [9.17, 15) is 19.2 Å². The minimum absolute atomic E-state index is 0.0867. The van der Waals surface area contributed by atoms with Gasteiger partial charge in [0.2, 0.25) is 0 Å². The van der Waals surface area contributed by atoms with E-state index in [2.05, 4.69) is 10.6 Å². The normalized spacial score (nSPS) is 14.3. The first-order valence-electron chi connectivity index (χ1n) is 10.1. The number of hydrogen-bond acceptors (Lipinski definition) is 6. The maximum absolute atomic E-state index is 12.7. The van der Waals surface area contributed by atoms with Crippen molar-refractivity contribution in [2.24, 2.45) is 5.92 Å². The van der Waals surface area contributed by atoms with E-state index in [0.29, 0.717) is 28.4 Å².